The van der Waals surface area contributed by atoms with E-state index >= 15 is 0 Å². The van der Waals surface area contributed by atoms with Crippen LogP contribution in [-0.4, -0.2) is 60.0 Å². The van der Waals surface area contributed by atoms with E-state index in [0.717, 1.165) is 43.3 Å². The number of hydrogen-bond acceptors (Lipinski definition) is 4. The number of aliphatic imine (C=N–C) groups is 1. The third kappa shape index (κ3) is 5.48. The minimum absolute atomic E-state index is 0.0227. The Bertz CT molecular complexity index is 769. The Labute approximate surface area is 167 Å². The summed E-state index contributed by atoms with van der Waals surface area (Å²) in [6.07, 6.45) is 5.03. The Morgan fingerprint density at radius 2 is 2.14 bits per heavy atom. The zero-order valence-corrected chi connectivity index (χ0v) is 17.3. The van der Waals surface area contributed by atoms with Crippen molar-refractivity contribution >= 4 is 5.96 Å². The Balaban J connectivity index is 1.50. The van der Waals surface area contributed by atoms with Gasteiger partial charge < -0.3 is 19.7 Å². The third-order valence-corrected chi connectivity index (χ3v) is 4.67. The number of benzene rings is 1. The first-order valence-electron chi connectivity index (χ1n) is 9.86. The van der Waals surface area contributed by atoms with Crippen LogP contribution >= 0.6 is 0 Å². The van der Waals surface area contributed by atoms with Crippen molar-refractivity contribution in [3.8, 4) is 5.75 Å². The van der Waals surface area contributed by atoms with Gasteiger partial charge in [0.2, 0.25) is 0 Å². The Kier molecular flexibility index (Phi) is 6.92. The van der Waals surface area contributed by atoms with Crippen molar-refractivity contribution in [1.29, 1.82) is 0 Å². The predicted molar refractivity (Wildman–Crippen MR) is 111 cm³/mol. The maximum Gasteiger partial charge on any atom is 0.193 e. The first kappa shape index (κ1) is 20.2. The number of hydrogen-bond donors (Lipinski definition) is 1. The number of guanidine groups is 1. The van der Waals surface area contributed by atoms with E-state index in [-0.39, 0.29) is 12.2 Å². The van der Waals surface area contributed by atoms with Crippen LogP contribution in [0.25, 0.3) is 0 Å². The molecule has 0 aliphatic carbocycles. The Morgan fingerprint density at radius 1 is 1.36 bits per heavy atom. The molecule has 1 unspecified atom stereocenters. The highest BCUT2D eigenvalue weighted by atomic mass is 16.5. The zero-order chi connectivity index (χ0) is 19.9. The molecular weight excluding hydrogens is 354 g/mol. The lowest BCUT2D eigenvalue weighted by Crippen LogP contribution is -2.48. The second kappa shape index (κ2) is 9.59. The molecule has 0 radical (unpaired) electrons. The molecule has 7 nitrogen and oxygen atoms in total. The molecule has 0 bridgehead atoms. The number of nitrogens with one attached hydrogen (secondary N) is 1. The Hall–Kier alpha value is -2.54. The van der Waals surface area contributed by atoms with E-state index in [1.165, 1.54) is 5.56 Å². The molecule has 1 aromatic heterocycles. The third-order valence-electron chi connectivity index (χ3n) is 4.67. The summed E-state index contributed by atoms with van der Waals surface area (Å²) in [4.78, 5) is 6.71. The van der Waals surface area contributed by atoms with Gasteiger partial charge in [-0.05, 0) is 38.0 Å². The molecule has 1 aromatic carbocycles. The lowest BCUT2D eigenvalue weighted by molar-refractivity contribution is -0.00800. The van der Waals surface area contributed by atoms with Crippen molar-refractivity contribution in [3.05, 3.63) is 47.8 Å². The van der Waals surface area contributed by atoms with Gasteiger partial charge in [0.1, 0.15) is 11.9 Å². The topological polar surface area (TPSA) is 63.9 Å². The zero-order valence-electron chi connectivity index (χ0n) is 17.3. The first-order chi connectivity index (χ1) is 13.5. The van der Waals surface area contributed by atoms with Gasteiger partial charge in [0, 0.05) is 38.9 Å². The molecule has 1 fully saturated rings. The molecule has 2 aromatic rings. The number of ether oxygens (including phenoxy) is 2. The van der Waals surface area contributed by atoms with Crippen molar-refractivity contribution in [2.45, 2.75) is 32.5 Å². The molecule has 1 saturated heterocycles. The van der Waals surface area contributed by atoms with Gasteiger partial charge in [-0.1, -0.05) is 12.1 Å². The molecular formula is C21H31N5O2. The summed E-state index contributed by atoms with van der Waals surface area (Å²) in [5.41, 5.74) is 2.38. The van der Waals surface area contributed by atoms with E-state index in [4.69, 9.17) is 9.47 Å². The van der Waals surface area contributed by atoms with Gasteiger partial charge >= 0.3 is 0 Å². The number of rotatable bonds is 6. The van der Waals surface area contributed by atoms with E-state index in [0.29, 0.717) is 6.61 Å². The van der Waals surface area contributed by atoms with E-state index in [1.54, 1.807) is 0 Å². The van der Waals surface area contributed by atoms with Gasteiger partial charge in [-0.3, -0.25) is 9.67 Å². The van der Waals surface area contributed by atoms with Crippen molar-refractivity contribution < 1.29 is 9.47 Å². The van der Waals surface area contributed by atoms with Crippen LogP contribution in [0.3, 0.4) is 0 Å². The fraction of sp³-hybridized carbons (Fsp3) is 0.524. The number of aryl methyl sites for hydroxylation is 1. The normalized spacial score (nSPS) is 17.8. The molecule has 1 N–H and O–H groups in total. The number of morpholine rings is 1. The molecule has 152 valence electrons. The summed E-state index contributed by atoms with van der Waals surface area (Å²) >= 11 is 0. The highest BCUT2D eigenvalue weighted by Gasteiger charge is 2.25. The maximum absolute atomic E-state index is 5.92. The van der Waals surface area contributed by atoms with Crippen molar-refractivity contribution in [2.24, 2.45) is 12.0 Å². The van der Waals surface area contributed by atoms with Gasteiger partial charge in [-0.2, -0.15) is 5.10 Å². The van der Waals surface area contributed by atoms with Crippen LogP contribution in [0.4, 0.5) is 0 Å². The lowest BCUT2D eigenvalue weighted by Gasteiger charge is -2.34. The number of aromatic nitrogens is 2. The van der Waals surface area contributed by atoms with Gasteiger partial charge in [0.05, 0.1) is 25.5 Å². The predicted octanol–water partition coefficient (Wildman–Crippen LogP) is 2.40. The van der Waals surface area contributed by atoms with Crippen LogP contribution in [-0.2, 0) is 18.2 Å². The lowest BCUT2D eigenvalue weighted by atomic mass is 10.1. The van der Waals surface area contributed by atoms with Crippen molar-refractivity contribution in [1.82, 2.24) is 20.0 Å². The van der Waals surface area contributed by atoms with Gasteiger partial charge in [0.25, 0.3) is 0 Å². The van der Waals surface area contributed by atoms with Crippen molar-refractivity contribution in [3.63, 3.8) is 0 Å². The van der Waals surface area contributed by atoms with Gasteiger partial charge in [-0.15, -0.1) is 0 Å². The minimum Gasteiger partial charge on any atom is -0.491 e. The molecule has 1 aliphatic heterocycles. The largest absolute Gasteiger partial charge is 0.491 e. The Morgan fingerprint density at radius 3 is 2.79 bits per heavy atom. The van der Waals surface area contributed by atoms with Crippen LogP contribution in [0.1, 0.15) is 31.1 Å². The quantitative estimate of drug-likeness (QED) is 0.611. The molecule has 3 rings (SSSR count). The van der Waals surface area contributed by atoms with Crippen LogP contribution in [0.2, 0.25) is 0 Å². The smallest absolute Gasteiger partial charge is 0.193 e. The summed E-state index contributed by atoms with van der Waals surface area (Å²) in [5, 5.41) is 7.73. The van der Waals surface area contributed by atoms with E-state index in [2.05, 4.69) is 32.4 Å². The molecule has 28 heavy (non-hydrogen) atoms. The molecule has 1 aliphatic rings. The highest BCUT2D eigenvalue weighted by Crippen LogP contribution is 2.21. The maximum atomic E-state index is 5.92. The standard InChI is InChI=1S/C21H31N5O2/c1-16(2)28-19-7-5-17(6-8-19)9-10-23-21(22-3)26-11-12-27-20(15-26)18-13-24-25(4)14-18/h5-8,13-14,16,20H,9-12,15H2,1-4H3,(H,22,23). The summed E-state index contributed by atoms with van der Waals surface area (Å²) in [6, 6.07) is 8.31. The van der Waals surface area contributed by atoms with Crippen LogP contribution < -0.4 is 10.1 Å². The first-order valence-corrected chi connectivity index (χ1v) is 9.86. The molecule has 7 heteroatoms. The fourth-order valence-corrected chi connectivity index (χ4v) is 3.31. The van der Waals surface area contributed by atoms with Gasteiger partial charge in [-0.25, -0.2) is 0 Å². The van der Waals surface area contributed by atoms with Gasteiger partial charge in [0.15, 0.2) is 5.96 Å². The van der Waals surface area contributed by atoms with Crippen LogP contribution in [0, 0.1) is 0 Å². The monoisotopic (exact) mass is 385 g/mol. The molecule has 2 heterocycles. The average molecular weight is 386 g/mol. The minimum atomic E-state index is 0.0227. The summed E-state index contributed by atoms with van der Waals surface area (Å²) in [5.74, 6) is 1.83. The highest BCUT2D eigenvalue weighted by molar-refractivity contribution is 5.80. The molecule has 0 amide bonds. The SMILES string of the molecule is CN=C(NCCc1ccc(OC(C)C)cc1)N1CCOC(c2cnn(C)c2)C1. The average Bonchev–Trinajstić information content (AvgIpc) is 3.13. The summed E-state index contributed by atoms with van der Waals surface area (Å²) in [6.45, 7) is 7.18. The fourth-order valence-electron chi connectivity index (χ4n) is 3.31. The molecule has 0 spiro atoms. The summed E-state index contributed by atoms with van der Waals surface area (Å²) in [7, 11) is 3.75. The van der Waals surface area contributed by atoms with E-state index in [9.17, 15) is 0 Å². The van der Waals surface area contributed by atoms with Crippen LogP contribution in [0.5, 0.6) is 5.75 Å². The van der Waals surface area contributed by atoms with Crippen molar-refractivity contribution in [2.75, 3.05) is 33.3 Å². The number of nitrogens with zero attached hydrogens (tertiary/aromatic N) is 4. The van der Waals surface area contributed by atoms with E-state index in [1.807, 2.05) is 57.2 Å². The molecule has 0 saturated carbocycles. The summed E-state index contributed by atoms with van der Waals surface area (Å²) < 4.78 is 13.4. The van der Waals surface area contributed by atoms with E-state index < -0.39 is 0 Å². The molecule has 1 atom stereocenters. The second-order valence-electron chi connectivity index (χ2n) is 7.29. The van der Waals surface area contributed by atoms with Crippen LogP contribution in [0.15, 0.2) is 41.7 Å². The second-order valence-corrected chi connectivity index (χ2v) is 7.29.